The van der Waals surface area contributed by atoms with Gasteiger partial charge in [-0.15, -0.1) is 0 Å². The molecule has 0 amide bonds. The largest absolute Gasteiger partial charge is 0.399 e. The van der Waals surface area contributed by atoms with Crippen molar-refractivity contribution in [3.63, 3.8) is 0 Å². The molecular weight excluding hydrogens is 269 g/mol. The lowest BCUT2D eigenvalue weighted by Crippen LogP contribution is -1.91. The lowest BCUT2D eigenvalue weighted by atomic mass is 10.1. The zero-order valence-corrected chi connectivity index (χ0v) is 11.5. The molecule has 0 aliphatic rings. The molecule has 0 spiro atoms. The zero-order valence-electron chi connectivity index (χ0n) is 11.5. The predicted octanol–water partition coefficient (Wildman–Crippen LogP) is 3.36. The fraction of sp³-hybridized carbons (Fsp3) is 0.125. The van der Waals surface area contributed by atoms with Crippen LogP contribution >= 0.6 is 0 Å². The van der Waals surface area contributed by atoms with E-state index in [1.54, 1.807) is 19.1 Å². The van der Waals surface area contributed by atoms with Gasteiger partial charge in [-0.2, -0.15) is 4.98 Å². The number of hydrogen-bond donors (Lipinski definition) is 1. The lowest BCUT2D eigenvalue weighted by Gasteiger charge is -1.98. The van der Waals surface area contributed by atoms with Crippen LogP contribution in [0.5, 0.6) is 0 Å². The lowest BCUT2D eigenvalue weighted by molar-refractivity contribution is 0.385. The van der Waals surface area contributed by atoms with Gasteiger partial charge in [0.2, 0.25) is 11.7 Å². The fourth-order valence-electron chi connectivity index (χ4n) is 2.05. The van der Waals surface area contributed by atoms with Crippen molar-refractivity contribution >= 4 is 5.69 Å². The number of nitrogen functional groups attached to an aromatic ring is 1. The number of aromatic nitrogens is 2. The zero-order chi connectivity index (χ0) is 14.8. The van der Waals surface area contributed by atoms with Crippen LogP contribution in [0.1, 0.15) is 17.0 Å². The summed E-state index contributed by atoms with van der Waals surface area (Å²) in [7, 11) is 0. The SMILES string of the molecule is Cc1ccc(-c2noc(Cc3cccc(N)c3)n2)cc1F. The first-order valence-electron chi connectivity index (χ1n) is 6.55. The van der Waals surface area contributed by atoms with Crippen molar-refractivity contribution < 1.29 is 8.91 Å². The molecule has 3 aromatic rings. The number of nitrogens with two attached hydrogens (primary N) is 1. The van der Waals surface area contributed by atoms with E-state index in [-0.39, 0.29) is 5.82 Å². The van der Waals surface area contributed by atoms with Crippen LogP contribution in [0.4, 0.5) is 10.1 Å². The van der Waals surface area contributed by atoms with Gasteiger partial charge in [-0.05, 0) is 36.2 Å². The van der Waals surface area contributed by atoms with Crippen LogP contribution < -0.4 is 5.73 Å². The molecule has 21 heavy (non-hydrogen) atoms. The van der Waals surface area contributed by atoms with E-state index in [0.717, 1.165) is 5.56 Å². The van der Waals surface area contributed by atoms with E-state index in [1.807, 2.05) is 24.3 Å². The molecule has 0 saturated heterocycles. The molecule has 0 bridgehead atoms. The van der Waals surface area contributed by atoms with E-state index in [0.29, 0.717) is 35.0 Å². The van der Waals surface area contributed by atoms with E-state index in [4.69, 9.17) is 10.3 Å². The third-order valence-corrected chi connectivity index (χ3v) is 3.20. The molecule has 2 N–H and O–H groups in total. The van der Waals surface area contributed by atoms with Crippen molar-refractivity contribution in [3.05, 3.63) is 65.3 Å². The molecule has 1 aromatic heterocycles. The van der Waals surface area contributed by atoms with Gasteiger partial charge in [-0.1, -0.05) is 29.4 Å². The van der Waals surface area contributed by atoms with E-state index in [1.165, 1.54) is 6.07 Å². The second-order valence-electron chi connectivity index (χ2n) is 4.90. The summed E-state index contributed by atoms with van der Waals surface area (Å²) < 4.78 is 18.8. The Balaban J connectivity index is 1.84. The second kappa shape index (κ2) is 5.36. The highest BCUT2D eigenvalue weighted by atomic mass is 19.1. The Morgan fingerprint density at radius 2 is 2.05 bits per heavy atom. The third kappa shape index (κ3) is 2.91. The van der Waals surface area contributed by atoms with Gasteiger partial charge in [0.05, 0.1) is 6.42 Å². The maximum Gasteiger partial charge on any atom is 0.231 e. The molecule has 106 valence electrons. The van der Waals surface area contributed by atoms with E-state index >= 15 is 0 Å². The van der Waals surface area contributed by atoms with Crippen molar-refractivity contribution in [2.45, 2.75) is 13.3 Å². The minimum Gasteiger partial charge on any atom is -0.399 e. The van der Waals surface area contributed by atoms with Crippen molar-refractivity contribution in [1.82, 2.24) is 10.1 Å². The summed E-state index contributed by atoms with van der Waals surface area (Å²) >= 11 is 0. The monoisotopic (exact) mass is 283 g/mol. The average Bonchev–Trinajstić information content (AvgIpc) is 2.90. The topological polar surface area (TPSA) is 64.9 Å². The van der Waals surface area contributed by atoms with Crippen molar-refractivity contribution in [1.29, 1.82) is 0 Å². The fourth-order valence-corrected chi connectivity index (χ4v) is 2.05. The van der Waals surface area contributed by atoms with Crippen LogP contribution in [0, 0.1) is 12.7 Å². The van der Waals surface area contributed by atoms with Crippen molar-refractivity contribution in [3.8, 4) is 11.4 Å². The number of nitrogens with zero attached hydrogens (tertiary/aromatic N) is 2. The van der Waals surface area contributed by atoms with Gasteiger partial charge >= 0.3 is 0 Å². The Hall–Kier alpha value is -2.69. The number of halogens is 1. The van der Waals surface area contributed by atoms with Crippen LogP contribution in [-0.4, -0.2) is 10.1 Å². The van der Waals surface area contributed by atoms with Crippen molar-refractivity contribution in [2.24, 2.45) is 0 Å². The van der Waals surface area contributed by atoms with Gasteiger partial charge in [0.1, 0.15) is 5.82 Å². The molecule has 0 fully saturated rings. The summed E-state index contributed by atoms with van der Waals surface area (Å²) in [6.07, 6.45) is 0.492. The van der Waals surface area contributed by atoms with E-state index in [2.05, 4.69) is 10.1 Å². The van der Waals surface area contributed by atoms with Crippen molar-refractivity contribution in [2.75, 3.05) is 5.73 Å². The summed E-state index contributed by atoms with van der Waals surface area (Å²) in [6.45, 7) is 1.71. The number of aryl methyl sites for hydroxylation is 1. The Morgan fingerprint density at radius 3 is 2.81 bits per heavy atom. The molecule has 5 heteroatoms. The number of benzene rings is 2. The molecule has 2 aromatic carbocycles. The van der Waals surface area contributed by atoms with Crippen LogP contribution in [0.15, 0.2) is 47.0 Å². The molecule has 1 heterocycles. The molecule has 0 aliphatic heterocycles. The molecule has 3 rings (SSSR count). The summed E-state index contributed by atoms with van der Waals surface area (Å²) in [5, 5.41) is 3.89. The molecular formula is C16H14FN3O. The van der Waals surface area contributed by atoms with E-state index < -0.39 is 0 Å². The molecule has 0 aliphatic carbocycles. The highest BCUT2D eigenvalue weighted by molar-refractivity contribution is 5.55. The minimum atomic E-state index is -0.283. The first kappa shape index (κ1) is 13.3. The van der Waals surface area contributed by atoms with Gasteiger partial charge in [0.15, 0.2) is 0 Å². The Labute approximate surface area is 121 Å². The molecule has 4 nitrogen and oxygen atoms in total. The Bertz CT molecular complexity index is 783. The van der Waals surface area contributed by atoms with Gasteiger partial charge in [0.25, 0.3) is 0 Å². The van der Waals surface area contributed by atoms with Crippen LogP contribution in [0.25, 0.3) is 11.4 Å². The van der Waals surface area contributed by atoms with Crippen LogP contribution in [-0.2, 0) is 6.42 Å². The maximum atomic E-state index is 13.6. The van der Waals surface area contributed by atoms with Gasteiger partial charge in [-0.3, -0.25) is 0 Å². The number of hydrogen-bond acceptors (Lipinski definition) is 4. The Morgan fingerprint density at radius 1 is 1.19 bits per heavy atom. The predicted molar refractivity (Wildman–Crippen MR) is 78.1 cm³/mol. The molecule has 0 saturated carbocycles. The second-order valence-corrected chi connectivity index (χ2v) is 4.90. The Kier molecular flexibility index (Phi) is 3.39. The van der Waals surface area contributed by atoms with Gasteiger partial charge in [-0.25, -0.2) is 4.39 Å². The minimum absolute atomic E-state index is 0.283. The standard InChI is InChI=1S/C16H14FN3O/c1-10-5-6-12(9-14(10)17)16-19-15(21-20-16)8-11-3-2-4-13(18)7-11/h2-7,9H,8,18H2,1H3. The normalized spacial score (nSPS) is 10.8. The van der Waals surface area contributed by atoms with Crippen LogP contribution in [0.2, 0.25) is 0 Å². The van der Waals surface area contributed by atoms with E-state index in [9.17, 15) is 4.39 Å². The smallest absolute Gasteiger partial charge is 0.231 e. The average molecular weight is 283 g/mol. The molecule has 0 radical (unpaired) electrons. The summed E-state index contributed by atoms with van der Waals surface area (Å²) in [6, 6.07) is 12.4. The quantitative estimate of drug-likeness (QED) is 0.748. The maximum absolute atomic E-state index is 13.6. The first-order valence-corrected chi connectivity index (χ1v) is 6.55. The van der Waals surface area contributed by atoms with Gasteiger partial charge < -0.3 is 10.3 Å². The highest BCUT2D eigenvalue weighted by Gasteiger charge is 2.11. The number of anilines is 1. The molecule has 0 atom stereocenters. The summed E-state index contributed by atoms with van der Waals surface area (Å²) in [5.41, 5.74) is 8.59. The van der Waals surface area contributed by atoms with Gasteiger partial charge in [0, 0.05) is 11.3 Å². The summed E-state index contributed by atoms with van der Waals surface area (Å²) in [5.74, 6) is 0.569. The summed E-state index contributed by atoms with van der Waals surface area (Å²) in [4.78, 5) is 4.29. The highest BCUT2D eigenvalue weighted by Crippen LogP contribution is 2.20. The number of rotatable bonds is 3. The molecule has 0 unspecified atom stereocenters. The first-order chi connectivity index (χ1) is 10.1. The third-order valence-electron chi connectivity index (χ3n) is 3.20. The van der Waals surface area contributed by atoms with Crippen LogP contribution in [0.3, 0.4) is 0 Å².